The number of nitrogens with one attached hydrogen (secondary N) is 1. The van der Waals surface area contributed by atoms with Crippen molar-refractivity contribution in [2.24, 2.45) is 0 Å². The minimum atomic E-state index is -3.12. The molecule has 0 bridgehead atoms. The molecule has 0 radical (unpaired) electrons. The third-order valence-electron chi connectivity index (χ3n) is 2.93. The van der Waals surface area contributed by atoms with Crippen LogP contribution in [0.2, 0.25) is 0 Å². The van der Waals surface area contributed by atoms with E-state index >= 15 is 0 Å². The minimum Gasteiger partial charge on any atom is -0.298 e. The Morgan fingerprint density at radius 3 is 2.19 bits per heavy atom. The van der Waals surface area contributed by atoms with Gasteiger partial charge in [0.25, 0.3) is 0 Å². The van der Waals surface area contributed by atoms with E-state index in [1.165, 1.54) is 0 Å². The normalized spacial score (nSPS) is 21.2. The molecule has 1 fully saturated rings. The zero-order valence-corrected chi connectivity index (χ0v) is 12.6. The van der Waals surface area contributed by atoms with Crippen LogP contribution in [-0.4, -0.2) is 42.7 Å². The molecule has 0 aromatic rings. The summed E-state index contributed by atoms with van der Waals surface area (Å²) >= 11 is 2.98. The van der Waals surface area contributed by atoms with Crippen molar-refractivity contribution in [3.63, 3.8) is 0 Å². The van der Waals surface area contributed by atoms with Gasteiger partial charge in [0.1, 0.15) is 4.66 Å². The molecule has 0 unspecified atom stereocenters. The van der Waals surface area contributed by atoms with Gasteiger partial charge in [-0.05, 0) is 33.6 Å². The van der Waals surface area contributed by atoms with Crippen LogP contribution in [0.3, 0.4) is 0 Å². The first-order valence-electron chi connectivity index (χ1n) is 5.55. The third kappa shape index (κ3) is 4.31. The molecule has 0 spiro atoms. The Labute approximate surface area is 107 Å². The number of alkyl halides is 1. The van der Waals surface area contributed by atoms with Gasteiger partial charge in [-0.15, -0.1) is 0 Å². The van der Waals surface area contributed by atoms with Gasteiger partial charge in [0, 0.05) is 24.7 Å². The summed E-state index contributed by atoms with van der Waals surface area (Å²) in [6, 6.07) is 0.0983. The van der Waals surface area contributed by atoms with Crippen LogP contribution in [0.4, 0.5) is 0 Å². The summed E-state index contributed by atoms with van der Waals surface area (Å²) < 4.78 is 25.4. The van der Waals surface area contributed by atoms with Crippen LogP contribution in [0.5, 0.6) is 0 Å². The lowest BCUT2D eigenvalue weighted by Gasteiger charge is -2.40. The average molecular weight is 313 g/mol. The maximum Gasteiger partial charge on any atom is 0.221 e. The second-order valence-corrected chi connectivity index (χ2v) is 8.33. The smallest absolute Gasteiger partial charge is 0.221 e. The molecule has 1 saturated heterocycles. The van der Waals surface area contributed by atoms with Crippen LogP contribution >= 0.6 is 15.9 Å². The number of rotatable bonds is 3. The van der Waals surface area contributed by atoms with E-state index in [1.54, 1.807) is 0 Å². The second kappa shape index (κ2) is 5.33. The van der Waals surface area contributed by atoms with Gasteiger partial charge >= 0.3 is 0 Å². The van der Waals surface area contributed by atoms with E-state index in [4.69, 9.17) is 0 Å². The van der Waals surface area contributed by atoms with E-state index < -0.39 is 10.0 Å². The van der Waals surface area contributed by atoms with Crippen LogP contribution in [-0.2, 0) is 10.0 Å². The van der Waals surface area contributed by atoms with Crippen molar-refractivity contribution in [3.8, 4) is 0 Å². The van der Waals surface area contributed by atoms with E-state index in [9.17, 15) is 8.42 Å². The highest BCUT2D eigenvalue weighted by atomic mass is 79.9. The number of hydrogen-bond acceptors (Lipinski definition) is 3. The van der Waals surface area contributed by atoms with Crippen LogP contribution in [0.25, 0.3) is 0 Å². The Bertz CT molecular complexity index is 316. The zero-order valence-electron chi connectivity index (χ0n) is 10.2. The lowest BCUT2D eigenvalue weighted by molar-refractivity contribution is 0.100. The molecule has 0 aromatic carbocycles. The van der Waals surface area contributed by atoms with Crippen molar-refractivity contribution in [1.82, 2.24) is 9.62 Å². The Kier molecular flexibility index (Phi) is 4.80. The van der Waals surface area contributed by atoms with E-state index in [-0.39, 0.29) is 16.2 Å². The van der Waals surface area contributed by atoms with Gasteiger partial charge in [0.15, 0.2) is 0 Å². The first-order chi connectivity index (χ1) is 7.24. The second-order valence-electron chi connectivity index (χ2n) is 5.27. The lowest BCUT2D eigenvalue weighted by atomic mass is 9.99. The predicted molar refractivity (Wildman–Crippen MR) is 70.2 cm³/mol. The fourth-order valence-corrected chi connectivity index (χ4v) is 3.16. The molecule has 16 heavy (non-hydrogen) atoms. The van der Waals surface area contributed by atoms with Gasteiger partial charge < -0.3 is 0 Å². The molecule has 0 aromatic heterocycles. The maximum atomic E-state index is 11.4. The van der Waals surface area contributed by atoms with E-state index in [2.05, 4.69) is 46.3 Å². The average Bonchev–Trinajstić information content (AvgIpc) is 2.16. The SMILES string of the molecule is CC(C)(C)N1CCC(NS(=O)(=O)CBr)CC1. The first-order valence-corrected chi connectivity index (χ1v) is 8.33. The highest BCUT2D eigenvalue weighted by Gasteiger charge is 2.28. The topological polar surface area (TPSA) is 49.4 Å². The number of nitrogens with zero attached hydrogens (tertiary/aromatic N) is 1. The predicted octanol–water partition coefficient (Wildman–Crippen LogP) is 1.52. The molecular weight excluding hydrogens is 292 g/mol. The van der Waals surface area contributed by atoms with Crippen molar-refractivity contribution < 1.29 is 8.42 Å². The van der Waals surface area contributed by atoms with Crippen molar-refractivity contribution in [3.05, 3.63) is 0 Å². The Balaban J connectivity index is 2.44. The van der Waals surface area contributed by atoms with Gasteiger partial charge in [-0.25, -0.2) is 13.1 Å². The van der Waals surface area contributed by atoms with E-state index in [0.29, 0.717) is 0 Å². The highest BCUT2D eigenvalue weighted by molar-refractivity contribution is 9.10. The van der Waals surface area contributed by atoms with Gasteiger partial charge in [-0.3, -0.25) is 4.90 Å². The molecule has 0 saturated carbocycles. The van der Waals surface area contributed by atoms with Gasteiger partial charge in [-0.2, -0.15) is 0 Å². The molecule has 1 N–H and O–H groups in total. The zero-order chi connectivity index (χ0) is 12.4. The summed E-state index contributed by atoms with van der Waals surface area (Å²) in [4.78, 5) is 2.39. The largest absolute Gasteiger partial charge is 0.298 e. The molecule has 96 valence electrons. The number of piperidine rings is 1. The summed E-state index contributed by atoms with van der Waals surface area (Å²) in [6.45, 7) is 8.49. The molecule has 1 aliphatic rings. The molecule has 1 rings (SSSR count). The van der Waals surface area contributed by atoms with Gasteiger partial charge in [-0.1, -0.05) is 15.9 Å². The van der Waals surface area contributed by atoms with E-state index in [0.717, 1.165) is 25.9 Å². The summed E-state index contributed by atoms with van der Waals surface area (Å²) in [6.07, 6.45) is 1.78. The quantitative estimate of drug-likeness (QED) is 0.804. The number of sulfonamides is 1. The molecule has 0 amide bonds. The molecule has 1 aliphatic heterocycles. The molecule has 0 atom stereocenters. The van der Waals surface area contributed by atoms with Crippen molar-refractivity contribution in [1.29, 1.82) is 0 Å². The number of hydrogen-bond donors (Lipinski definition) is 1. The van der Waals surface area contributed by atoms with Crippen LogP contribution in [0.15, 0.2) is 0 Å². The Morgan fingerprint density at radius 1 is 1.31 bits per heavy atom. The van der Waals surface area contributed by atoms with Crippen molar-refractivity contribution in [2.75, 3.05) is 17.8 Å². The fourth-order valence-electron chi connectivity index (χ4n) is 1.95. The first kappa shape index (κ1) is 14.4. The molecule has 0 aliphatic carbocycles. The van der Waals surface area contributed by atoms with Crippen LogP contribution < -0.4 is 4.72 Å². The number of halogens is 1. The maximum absolute atomic E-state index is 11.4. The lowest BCUT2D eigenvalue weighted by Crippen LogP contribution is -2.50. The summed E-state index contributed by atoms with van der Waals surface area (Å²) in [5.41, 5.74) is 0.180. The van der Waals surface area contributed by atoms with E-state index in [1.807, 2.05) is 0 Å². The molecule has 6 heteroatoms. The van der Waals surface area contributed by atoms with Crippen molar-refractivity contribution in [2.45, 2.75) is 45.2 Å². The van der Waals surface area contributed by atoms with Gasteiger partial charge in [0.05, 0.1) is 0 Å². The van der Waals surface area contributed by atoms with Crippen LogP contribution in [0, 0.1) is 0 Å². The summed E-state index contributed by atoms with van der Waals surface area (Å²) in [5, 5.41) is 0. The monoisotopic (exact) mass is 312 g/mol. The Morgan fingerprint density at radius 2 is 1.81 bits per heavy atom. The van der Waals surface area contributed by atoms with Crippen molar-refractivity contribution >= 4 is 26.0 Å². The standard InChI is InChI=1S/C10H21BrN2O2S/c1-10(2,3)13-6-4-9(5-7-13)12-16(14,15)8-11/h9,12H,4-8H2,1-3H3. The van der Waals surface area contributed by atoms with Crippen LogP contribution in [0.1, 0.15) is 33.6 Å². The third-order valence-corrected chi connectivity index (χ3v) is 5.72. The number of likely N-dealkylation sites (tertiary alicyclic amines) is 1. The molecule has 1 heterocycles. The minimum absolute atomic E-state index is 0.0144. The fraction of sp³-hybridized carbons (Fsp3) is 1.00. The highest BCUT2D eigenvalue weighted by Crippen LogP contribution is 2.20. The summed E-state index contributed by atoms with van der Waals surface area (Å²) in [5.74, 6) is 0. The molecular formula is C10H21BrN2O2S. The van der Waals surface area contributed by atoms with Gasteiger partial charge in [0.2, 0.25) is 10.0 Å². The Hall–Kier alpha value is 0.350. The molecule has 4 nitrogen and oxygen atoms in total. The summed E-state index contributed by atoms with van der Waals surface area (Å²) in [7, 11) is -3.12.